The average Bonchev–Trinajstić information content (AvgIpc) is 3.11. The molecule has 0 radical (unpaired) electrons. The molecule has 2 aromatic rings. The minimum absolute atomic E-state index is 0.00162. The molecule has 2 bridgehead atoms. The maximum absolute atomic E-state index is 6.72. The molecule has 0 amide bonds. The van der Waals surface area contributed by atoms with Gasteiger partial charge in [-0.15, -0.1) is 0 Å². The summed E-state index contributed by atoms with van der Waals surface area (Å²) in [6.07, 6.45) is 6.81. The van der Waals surface area contributed by atoms with Crippen LogP contribution in [0.3, 0.4) is 0 Å². The van der Waals surface area contributed by atoms with Gasteiger partial charge in [0.05, 0.1) is 0 Å². The highest BCUT2D eigenvalue weighted by Gasteiger charge is 2.64. The smallest absolute Gasteiger partial charge is 0.166 e. The van der Waals surface area contributed by atoms with Crippen molar-refractivity contribution in [1.82, 2.24) is 4.90 Å². The number of likely N-dealkylation sites (N-methyl/N-ethyl adjacent to an activating group) is 1. The van der Waals surface area contributed by atoms with Gasteiger partial charge in [-0.05, 0) is 43.6 Å². The van der Waals surface area contributed by atoms with Gasteiger partial charge < -0.3 is 19.1 Å². The van der Waals surface area contributed by atoms with E-state index in [2.05, 4.69) is 48.4 Å². The monoisotopic (exact) mass is 389 g/mol. The van der Waals surface area contributed by atoms with Gasteiger partial charge in [0, 0.05) is 30.0 Å². The molecule has 1 saturated heterocycles. The number of methoxy groups -OCH3 is 1. The van der Waals surface area contributed by atoms with Crippen molar-refractivity contribution in [3.8, 4) is 11.5 Å². The summed E-state index contributed by atoms with van der Waals surface area (Å²) in [7, 11) is 4.06. The zero-order chi connectivity index (χ0) is 19.6. The summed E-state index contributed by atoms with van der Waals surface area (Å²) < 4.78 is 18.9. The van der Waals surface area contributed by atoms with Gasteiger partial charge in [0.2, 0.25) is 0 Å². The van der Waals surface area contributed by atoms with Crippen LogP contribution in [-0.4, -0.2) is 43.9 Å². The molecule has 5 atom stereocenters. The number of rotatable bonds is 4. The Bertz CT molecular complexity index is 972. The van der Waals surface area contributed by atoms with Crippen LogP contribution in [0.5, 0.6) is 11.5 Å². The van der Waals surface area contributed by atoms with Crippen LogP contribution in [0, 0.1) is 5.92 Å². The Hall–Kier alpha value is -2.30. The summed E-state index contributed by atoms with van der Waals surface area (Å²) in [6, 6.07) is 15.2. The molecule has 1 fully saturated rings. The van der Waals surface area contributed by atoms with Crippen molar-refractivity contribution in [2.75, 3.05) is 20.7 Å². The van der Waals surface area contributed by atoms with Crippen molar-refractivity contribution in [2.24, 2.45) is 5.92 Å². The Labute approximate surface area is 172 Å². The maximum atomic E-state index is 6.72. The summed E-state index contributed by atoms with van der Waals surface area (Å²) in [5, 5.41) is 0. The second-order valence-corrected chi connectivity index (χ2v) is 8.89. The Morgan fingerprint density at radius 1 is 1.14 bits per heavy atom. The fraction of sp³-hybridized carbons (Fsp3) is 0.440. The predicted molar refractivity (Wildman–Crippen MR) is 111 cm³/mol. The van der Waals surface area contributed by atoms with Crippen LogP contribution in [0.4, 0.5) is 0 Å². The molecular weight excluding hydrogens is 362 g/mol. The fourth-order valence-corrected chi connectivity index (χ4v) is 6.26. The number of piperidine rings is 1. The van der Waals surface area contributed by atoms with Gasteiger partial charge in [-0.25, -0.2) is 0 Å². The topological polar surface area (TPSA) is 30.9 Å². The molecule has 2 aliphatic heterocycles. The summed E-state index contributed by atoms with van der Waals surface area (Å²) in [5.74, 6) is 2.29. The van der Waals surface area contributed by atoms with E-state index in [0.29, 0.717) is 18.6 Å². The van der Waals surface area contributed by atoms with Crippen LogP contribution in [0.2, 0.25) is 0 Å². The molecule has 4 nitrogen and oxygen atoms in total. The van der Waals surface area contributed by atoms with Gasteiger partial charge >= 0.3 is 0 Å². The zero-order valence-electron chi connectivity index (χ0n) is 17.0. The predicted octanol–water partition coefficient (Wildman–Crippen LogP) is 3.73. The van der Waals surface area contributed by atoms with Crippen molar-refractivity contribution in [3.63, 3.8) is 0 Å². The molecule has 0 unspecified atom stereocenters. The lowest BCUT2D eigenvalue weighted by molar-refractivity contribution is -0.0582. The summed E-state index contributed by atoms with van der Waals surface area (Å²) in [6.45, 7) is 1.65. The van der Waals surface area contributed by atoms with Gasteiger partial charge in [0.1, 0.15) is 18.8 Å². The fourth-order valence-electron chi connectivity index (χ4n) is 6.26. The number of ether oxygens (including phenoxy) is 3. The van der Waals surface area contributed by atoms with Gasteiger partial charge in [0.25, 0.3) is 0 Å². The molecule has 150 valence electrons. The van der Waals surface area contributed by atoms with E-state index >= 15 is 0 Å². The van der Waals surface area contributed by atoms with E-state index in [1.807, 2.05) is 18.2 Å². The first kappa shape index (κ1) is 17.5. The third-order valence-corrected chi connectivity index (χ3v) is 7.62. The van der Waals surface area contributed by atoms with E-state index in [9.17, 15) is 0 Å². The Morgan fingerprint density at radius 3 is 2.83 bits per heavy atom. The van der Waals surface area contributed by atoms with E-state index in [-0.39, 0.29) is 17.6 Å². The Kier molecular flexibility index (Phi) is 3.84. The molecule has 29 heavy (non-hydrogen) atoms. The van der Waals surface area contributed by atoms with E-state index in [1.165, 1.54) is 16.7 Å². The number of hydrogen-bond acceptors (Lipinski definition) is 4. The molecular formula is C25H27NO3. The molecule has 0 N–H and O–H groups in total. The first-order valence-corrected chi connectivity index (χ1v) is 10.6. The lowest BCUT2D eigenvalue weighted by Gasteiger charge is -2.56. The highest BCUT2D eigenvalue weighted by atomic mass is 16.6. The lowest BCUT2D eigenvalue weighted by atomic mass is 9.53. The molecule has 4 heteroatoms. The second-order valence-electron chi connectivity index (χ2n) is 8.89. The van der Waals surface area contributed by atoms with E-state index in [0.717, 1.165) is 30.9 Å². The third-order valence-electron chi connectivity index (χ3n) is 7.62. The second kappa shape index (κ2) is 6.35. The standard InChI is InChI=1S/C25H27NO3/c1-26-13-12-25-18-9-11-21(27-2)24(25)29-23-20(28-15-16-6-4-3-5-7-16)10-8-17(22(23)25)14-19(18)26/h3-11,18-19,21,24H,12-15H2,1-2H3/t18-,19+,21-,24-,25-/m0/s1. The SMILES string of the molecule is CO[C@H]1C=C[C@H]2[C@H]3Cc4ccc(OCc5ccccc5)c5c4[C@@]2(CCN3C)[C@H]1O5. The van der Waals surface area contributed by atoms with Gasteiger partial charge in [-0.3, -0.25) is 0 Å². The molecule has 6 rings (SSSR count). The van der Waals surface area contributed by atoms with E-state index < -0.39 is 0 Å². The minimum atomic E-state index is -0.0179. The molecule has 2 aliphatic carbocycles. The van der Waals surface area contributed by atoms with Gasteiger partial charge in [-0.2, -0.15) is 0 Å². The van der Waals surface area contributed by atoms with Crippen molar-refractivity contribution in [2.45, 2.75) is 43.1 Å². The molecule has 2 aromatic carbocycles. The number of benzene rings is 2. The Morgan fingerprint density at radius 2 is 2.00 bits per heavy atom. The van der Waals surface area contributed by atoms with Crippen LogP contribution in [-0.2, 0) is 23.2 Å². The van der Waals surface area contributed by atoms with E-state index in [1.54, 1.807) is 7.11 Å². The average molecular weight is 389 g/mol. The van der Waals surface area contributed by atoms with Crippen LogP contribution in [0.25, 0.3) is 0 Å². The van der Waals surface area contributed by atoms with Crippen LogP contribution in [0.1, 0.15) is 23.1 Å². The molecule has 1 spiro atoms. The minimum Gasteiger partial charge on any atom is -0.485 e. The van der Waals surface area contributed by atoms with Gasteiger partial charge in [-0.1, -0.05) is 48.6 Å². The molecule has 2 heterocycles. The van der Waals surface area contributed by atoms with Crippen LogP contribution in [0.15, 0.2) is 54.6 Å². The number of hydrogen-bond donors (Lipinski definition) is 0. The summed E-state index contributed by atoms with van der Waals surface area (Å²) >= 11 is 0. The highest BCUT2D eigenvalue weighted by Crippen LogP contribution is 2.62. The van der Waals surface area contributed by atoms with E-state index in [4.69, 9.17) is 14.2 Å². The maximum Gasteiger partial charge on any atom is 0.166 e. The first-order chi connectivity index (χ1) is 14.2. The molecule has 0 aromatic heterocycles. The largest absolute Gasteiger partial charge is 0.485 e. The van der Waals surface area contributed by atoms with Crippen molar-refractivity contribution < 1.29 is 14.2 Å². The lowest BCUT2D eigenvalue weighted by Crippen LogP contribution is -2.65. The first-order valence-electron chi connectivity index (χ1n) is 10.6. The highest BCUT2D eigenvalue weighted by molar-refractivity contribution is 5.62. The normalized spacial score (nSPS) is 33.9. The number of likely N-dealkylation sites (tertiary alicyclic amines) is 1. The van der Waals surface area contributed by atoms with Crippen molar-refractivity contribution >= 4 is 0 Å². The molecule has 4 aliphatic rings. The van der Waals surface area contributed by atoms with Crippen LogP contribution < -0.4 is 9.47 Å². The van der Waals surface area contributed by atoms with Crippen molar-refractivity contribution in [3.05, 3.63) is 71.3 Å². The third kappa shape index (κ3) is 2.33. The van der Waals surface area contributed by atoms with Gasteiger partial charge in [0.15, 0.2) is 11.5 Å². The van der Waals surface area contributed by atoms with Crippen molar-refractivity contribution in [1.29, 1.82) is 0 Å². The van der Waals surface area contributed by atoms with Crippen LogP contribution >= 0.6 is 0 Å². The zero-order valence-corrected chi connectivity index (χ0v) is 17.0. The summed E-state index contributed by atoms with van der Waals surface area (Å²) in [5.41, 5.74) is 3.99. The quantitative estimate of drug-likeness (QED) is 0.746. The Balaban J connectivity index is 1.45. The molecule has 0 saturated carbocycles. The summed E-state index contributed by atoms with van der Waals surface area (Å²) in [4.78, 5) is 2.53. The number of nitrogens with zero attached hydrogens (tertiary/aromatic N) is 1.